The molecule has 2 aliphatic rings. The van der Waals surface area contributed by atoms with Gasteiger partial charge in [0.15, 0.2) is 0 Å². The number of aromatic nitrogens is 1. The first kappa shape index (κ1) is 25.8. The second-order valence-corrected chi connectivity index (χ2v) is 8.31. The first-order valence-electron chi connectivity index (χ1n) is 11.1. The number of fused-ring (bicyclic) bond motifs is 3. The van der Waals surface area contributed by atoms with Gasteiger partial charge in [-0.3, -0.25) is 0 Å². The lowest BCUT2D eigenvalue weighted by Gasteiger charge is -2.19. The zero-order valence-corrected chi connectivity index (χ0v) is 19.9. The molecular weight excluding hydrogens is 488 g/mol. The third-order valence-electron chi connectivity index (χ3n) is 6.05. The summed E-state index contributed by atoms with van der Waals surface area (Å²) in [5.41, 5.74) is 9.40. The monoisotopic (exact) mass is 512 g/mol. The fraction of sp³-hybridized carbons (Fsp3) is 0.148. The predicted molar refractivity (Wildman–Crippen MR) is 134 cm³/mol. The number of hydrogen-bond acceptors (Lipinski definition) is 5. The zero-order chi connectivity index (χ0) is 26.9. The van der Waals surface area contributed by atoms with Crippen LogP contribution in [0.2, 0.25) is 0 Å². The van der Waals surface area contributed by atoms with Gasteiger partial charge in [0.25, 0.3) is 0 Å². The molecule has 0 aliphatic carbocycles. The Morgan fingerprint density at radius 1 is 1.22 bits per heavy atom. The molecule has 0 radical (unpaired) electrons. The van der Waals surface area contributed by atoms with Crippen LogP contribution in [0.1, 0.15) is 22.4 Å². The molecule has 0 saturated heterocycles. The summed E-state index contributed by atoms with van der Waals surface area (Å²) in [6.07, 6.45) is 1.30. The van der Waals surface area contributed by atoms with Gasteiger partial charge in [-0.1, -0.05) is 19.2 Å². The highest BCUT2D eigenvalue weighted by atomic mass is 19.3. The molecule has 5 rings (SSSR count). The number of dihydropyridines is 1. The van der Waals surface area contributed by atoms with Gasteiger partial charge in [-0.05, 0) is 36.4 Å². The van der Waals surface area contributed by atoms with Crippen molar-refractivity contribution in [3.63, 3.8) is 0 Å². The van der Waals surface area contributed by atoms with Gasteiger partial charge in [-0.25, -0.2) is 14.2 Å². The Kier molecular flexibility index (Phi) is 6.95. The van der Waals surface area contributed by atoms with Gasteiger partial charge < -0.3 is 24.8 Å². The SMILES string of the molecule is C=C1NC=CC=C1c1c(C(=C)NNC)n(Cc2cc(F)ccc2F)c2ccc3c(c12)CC(F)(F)O3.C=O. The van der Waals surface area contributed by atoms with Crippen LogP contribution in [0.5, 0.6) is 5.75 Å². The summed E-state index contributed by atoms with van der Waals surface area (Å²) in [5, 5.41) is 3.55. The van der Waals surface area contributed by atoms with Crippen molar-refractivity contribution in [2.45, 2.75) is 19.1 Å². The van der Waals surface area contributed by atoms with Crippen LogP contribution in [0, 0.1) is 11.6 Å². The van der Waals surface area contributed by atoms with Crippen molar-refractivity contribution in [1.29, 1.82) is 0 Å². The summed E-state index contributed by atoms with van der Waals surface area (Å²) in [6, 6.07) is 6.33. The first-order valence-corrected chi connectivity index (χ1v) is 11.1. The molecule has 3 N–H and O–H groups in total. The van der Waals surface area contributed by atoms with Gasteiger partial charge in [-0.15, -0.1) is 0 Å². The second-order valence-electron chi connectivity index (χ2n) is 8.31. The highest BCUT2D eigenvalue weighted by Crippen LogP contribution is 2.47. The minimum Gasteiger partial charge on any atom is -0.432 e. The van der Waals surface area contributed by atoms with Crippen LogP contribution in [-0.4, -0.2) is 24.5 Å². The zero-order valence-electron chi connectivity index (χ0n) is 19.9. The molecular formula is C27H24F4N4O2. The number of hydrazine groups is 1. The van der Waals surface area contributed by atoms with Crippen molar-refractivity contribution in [2.75, 3.05) is 7.05 Å². The van der Waals surface area contributed by atoms with E-state index in [9.17, 15) is 17.6 Å². The Hall–Kier alpha value is -4.31. The number of ether oxygens (including phenoxy) is 1. The topological polar surface area (TPSA) is 67.3 Å². The van der Waals surface area contributed by atoms with Crippen molar-refractivity contribution in [2.24, 2.45) is 0 Å². The Labute approximate surface area is 210 Å². The van der Waals surface area contributed by atoms with Crippen LogP contribution in [0.15, 0.2) is 67.5 Å². The van der Waals surface area contributed by atoms with E-state index in [1.165, 1.54) is 6.07 Å². The molecule has 3 heterocycles. The molecule has 3 aromatic rings. The van der Waals surface area contributed by atoms with Crippen molar-refractivity contribution >= 4 is 29.0 Å². The summed E-state index contributed by atoms with van der Waals surface area (Å²) in [7, 11) is 1.65. The van der Waals surface area contributed by atoms with E-state index in [1.807, 2.05) is 12.9 Å². The van der Waals surface area contributed by atoms with Gasteiger partial charge in [0.2, 0.25) is 0 Å². The molecule has 0 atom stereocenters. The second kappa shape index (κ2) is 9.98. The van der Waals surface area contributed by atoms with Crippen LogP contribution in [0.3, 0.4) is 0 Å². The molecule has 37 heavy (non-hydrogen) atoms. The van der Waals surface area contributed by atoms with Crippen LogP contribution < -0.4 is 20.9 Å². The van der Waals surface area contributed by atoms with Crippen LogP contribution in [0.25, 0.3) is 22.2 Å². The van der Waals surface area contributed by atoms with E-state index in [-0.39, 0.29) is 17.9 Å². The molecule has 1 aromatic heterocycles. The van der Waals surface area contributed by atoms with E-state index >= 15 is 0 Å². The van der Waals surface area contributed by atoms with E-state index < -0.39 is 24.2 Å². The van der Waals surface area contributed by atoms with E-state index in [0.29, 0.717) is 44.7 Å². The Morgan fingerprint density at radius 2 is 1.97 bits per heavy atom. The fourth-order valence-electron chi connectivity index (χ4n) is 4.66. The molecule has 0 unspecified atom stereocenters. The molecule has 2 aliphatic heterocycles. The van der Waals surface area contributed by atoms with Crippen LogP contribution >= 0.6 is 0 Å². The number of nitrogens with zero attached hydrogens (tertiary/aromatic N) is 1. The lowest BCUT2D eigenvalue weighted by molar-refractivity contribution is -0.159. The Bertz CT molecular complexity index is 1470. The molecule has 192 valence electrons. The molecule has 0 spiro atoms. The third-order valence-corrected chi connectivity index (χ3v) is 6.05. The van der Waals surface area contributed by atoms with Gasteiger partial charge >= 0.3 is 6.11 Å². The Morgan fingerprint density at radius 3 is 2.68 bits per heavy atom. The lowest BCUT2D eigenvalue weighted by Crippen LogP contribution is -2.27. The standard InChI is InChI=1S/C26H22F4N4O.CH2O/c1-14-18(5-4-10-32-14)24-23-19-12-26(29,30)35-22(19)9-8-21(23)34(25(24)15(2)33-31-3)13-16-11-17(27)6-7-20(16)28;1-2/h4-11,31-33H,1-2,12-13H2,3H3;1H2. The van der Waals surface area contributed by atoms with Gasteiger partial charge in [0.1, 0.15) is 24.2 Å². The van der Waals surface area contributed by atoms with Crippen LogP contribution in [-0.2, 0) is 17.8 Å². The predicted octanol–water partition coefficient (Wildman–Crippen LogP) is 5.02. The summed E-state index contributed by atoms with van der Waals surface area (Å²) < 4.78 is 64.0. The highest BCUT2D eigenvalue weighted by molar-refractivity contribution is 6.05. The number of rotatable bonds is 6. The number of halogens is 4. The van der Waals surface area contributed by atoms with Gasteiger partial charge in [0.05, 0.1) is 29.9 Å². The largest absolute Gasteiger partial charge is 0.432 e. The minimum absolute atomic E-state index is 0.0705. The molecule has 6 nitrogen and oxygen atoms in total. The maximum absolute atomic E-state index is 14.7. The molecule has 0 bridgehead atoms. The van der Waals surface area contributed by atoms with Crippen molar-refractivity contribution in [3.8, 4) is 5.75 Å². The van der Waals surface area contributed by atoms with Gasteiger partial charge in [0, 0.05) is 46.6 Å². The smallest absolute Gasteiger partial charge is 0.402 e. The van der Waals surface area contributed by atoms with Crippen molar-refractivity contribution in [1.82, 2.24) is 20.7 Å². The highest BCUT2D eigenvalue weighted by Gasteiger charge is 2.42. The number of nitrogens with one attached hydrogen (secondary N) is 3. The average Bonchev–Trinajstić information content (AvgIpc) is 3.36. The number of benzene rings is 2. The number of hydrogen-bond donors (Lipinski definition) is 3. The molecule has 0 amide bonds. The molecule has 10 heteroatoms. The summed E-state index contributed by atoms with van der Waals surface area (Å²) in [4.78, 5) is 8.00. The third kappa shape index (κ3) is 4.63. The maximum Gasteiger partial charge on any atom is 0.402 e. The maximum atomic E-state index is 14.7. The summed E-state index contributed by atoms with van der Waals surface area (Å²) in [6.45, 7) is 10.1. The van der Waals surface area contributed by atoms with Crippen LogP contribution in [0.4, 0.5) is 17.6 Å². The number of carbonyl (C=O) groups excluding carboxylic acids is 1. The normalized spacial score (nSPS) is 15.3. The van der Waals surface area contributed by atoms with Crippen molar-refractivity contribution < 1.29 is 27.1 Å². The fourth-order valence-corrected chi connectivity index (χ4v) is 4.66. The minimum atomic E-state index is -3.36. The van der Waals surface area contributed by atoms with E-state index in [2.05, 4.69) is 29.3 Å². The Balaban J connectivity index is 0.00000156. The van der Waals surface area contributed by atoms with E-state index in [4.69, 9.17) is 9.53 Å². The summed E-state index contributed by atoms with van der Waals surface area (Å²) >= 11 is 0. The first-order chi connectivity index (χ1) is 17.7. The van der Waals surface area contributed by atoms with Gasteiger partial charge in [-0.2, -0.15) is 8.78 Å². The average molecular weight is 513 g/mol. The molecule has 0 fully saturated rings. The van der Waals surface area contributed by atoms with Crippen molar-refractivity contribution in [3.05, 3.63) is 102 Å². The molecule has 0 saturated carbocycles. The summed E-state index contributed by atoms with van der Waals surface area (Å²) in [5.74, 6) is -1.10. The molecule has 2 aromatic carbocycles. The quantitative estimate of drug-likeness (QED) is 0.320. The number of allylic oxidation sites excluding steroid dienone is 3. The number of alkyl halides is 2. The lowest BCUT2D eigenvalue weighted by atomic mass is 9.93. The number of carbonyl (C=O) groups is 1. The van der Waals surface area contributed by atoms with E-state index in [1.54, 1.807) is 30.0 Å². The van der Waals surface area contributed by atoms with E-state index in [0.717, 1.165) is 18.2 Å².